The Kier molecular flexibility index (Phi) is 8.09. The highest BCUT2D eigenvalue weighted by Crippen LogP contribution is 2.38. The van der Waals surface area contributed by atoms with Gasteiger partial charge in [0.05, 0.1) is 25.4 Å². The molecular formula is C22H27NO5S. The van der Waals surface area contributed by atoms with E-state index in [1.54, 1.807) is 11.8 Å². The van der Waals surface area contributed by atoms with Crippen molar-refractivity contribution >= 4 is 23.4 Å². The van der Waals surface area contributed by atoms with E-state index in [0.29, 0.717) is 5.75 Å². The van der Waals surface area contributed by atoms with Crippen LogP contribution in [0, 0.1) is 0 Å². The van der Waals surface area contributed by atoms with Gasteiger partial charge in [0.25, 0.3) is 0 Å². The first kappa shape index (κ1) is 21.8. The number of aliphatic hydroxyl groups is 2. The fourth-order valence-electron chi connectivity index (χ4n) is 3.23. The van der Waals surface area contributed by atoms with Crippen LogP contribution in [-0.2, 0) is 20.9 Å². The molecule has 3 atom stereocenters. The highest BCUT2D eigenvalue weighted by atomic mass is 32.2. The molecule has 0 bridgehead atoms. The first-order valence-corrected chi connectivity index (χ1v) is 10.8. The summed E-state index contributed by atoms with van der Waals surface area (Å²) in [5, 5.41) is 21.1. The van der Waals surface area contributed by atoms with Crippen molar-refractivity contribution in [2.24, 2.45) is 0 Å². The van der Waals surface area contributed by atoms with E-state index in [9.17, 15) is 9.90 Å². The predicted molar refractivity (Wildman–Crippen MR) is 114 cm³/mol. The molecule has 0 saturated carbocycles. The number of carbonyl (C=O) groups excluding carboxylic acids is 1. The number of hydrogen-bond acceptors (Lipinski definition) is 6. The zero-order valence-electron chi connectivity index (χ0n) is 16.4. The summed E-state index contributed by atoms with van der Waals surface area (Å²) in [5.74, 6) is 1.33. The number of aliphatic hydroxyl groups excluding tert-OH is 2. The molecule has 6 nitrogen and oxygen atoms in total. The van der Waals surface area contributed by atoms with Crippen LogP contribution in [0.3, 0.4) is 0 Å². The third-order valence-corrected chi connectivity index (χ3v) is 5.74. The van der Waals surface area contributed by atoms with Crippen molar-refractivity contribution in [1.29, 1.82) is 0 Å². The number of nitrogens with one attached hydrogen (secondary N) is 1. The summed E-state index contributed by atoms with van der Waals surface area (Å²) < 4.78 is 12.4. The van der Waals surface area contributed by atoms with Gasteiger partial charge in [0.1, 0.15) is 0 Å². The van der Waals surface area contributed by atoms with Crippen LogP contribution in [-0.4, -0.2) is 40.3 Å². The molecule has 3 rings (SSSR count). The summed E-state index contributed by atoms with van der Waals surface area (Å²) in [6, 6.07) is 15.2. The molecule has 156 valence electrons. The van der Waals surface area contributed by atoms with Crippen molar-refractivity contribution in [3.63, 3.8) is 0 Å². The third kappa shape index (κ3) is 6.29. The van der Waals surface area contributed by atoms with E-state index in [1.165, 1.54) is 6.92 Å². The molecule has 1 aliphatic heterocycles. The second kappa shape index (κ2) is 10.8. The zero-order chi connectivity index (χ0) is 20.6. The van der Waals surface area contributed by atoms with Gasteiger partial charge >= 0.3 is 0 Å². The molecule has 1 amide bonds. The van der Waals surface area contributed by atoms with E-state index in [-0.39, 0.29) is 31.3 Å². The Balaban J connectivity index is 1.76. The SMILES string of the molecule is CC(=O)Nc1ccc(C2OC(CSCCO)CC(c3ccc(CO)cc3)O2)cc1. The number of rotatable bonds is 8. The lowest BCUT2D eigenvalue weighted by atomic mass is 10.0. The monoisotopic (exact) mass is 417 g/mol. The summed E-state index contributed by atoms with van der Waals surface area (Å²) in [5.41, 5.74) is 3.51. The molecule has 29 heavy (non-hydrogen) atoms. The Morgan fingerprint density at radius 1 is 1.07 bits per heavy atom. The highest BCUT2D eigenvalue weighted by molar-refractivity contribution is 7.99. The Labute approximate surface area is 175 Å². The van der Waals surface area contributed by atoms with Gasteiger partial charge in [-0.15, -0.1) is 0 Å². The highest BCUT2D eigenvalue weighted by Gasteiger charge is 2.32. The van der Waals surface area contributed by atoms with Crippen LogP contribution >= 0.6 is 11.8 Å². The number of hydrogen-bond donors (Lipinski definition) is 3. The van der Waals surface area contributed by atoms with Gasteiger partial charge in [0.15, 0.2) is 6.29 Å². The Morgan fingerprint density at radius 3 is 2.38 bits per heavy atom. The molecule has 3 N–H and O–H groups in total. The Hall–Kier alpha value is -1.90. The van der Waals surface area contributed by atoms with E-state index < -0.39 is 6.29 Å². The molecule has 2 aromatic rings. The number of thioether (sulfide) groups is 1. The number of anilines is 1. The number of ether oxygens (including phenoxy) is 2. The standard InChI is InChI=1S/C22H27NO5S/c1-15(26)23-19-8-6-18(7-9-19)22-27-20(14-29-11-10-24)12-21(28-22)17-4-2-16(13-25)3-5-17/h2-9,20-22,24-25H,10-14H2,1H3,(H,23,26). The minimum Gasteiger partial charge on any atom is -0.396 e. The lowest BCUT2D eigenvalue weighted by Gasteiger charge is -2.36. The summed E-state index contributed by atoms with van der Waals surface area (Å²) >= 11 is 1.66. The van der Waals surface area contributed by atoms with Crippen LogP contribution in [0.25, 0.3) is 0 Å². The largest absolute Gasteiger partial charge is 0.396 e. The Morgan fingerprint density at radius 2 is 1.76 bits per heavy atom. The molecular weight excluding hydrogens is 390 g/mol. The number of benzene rings is 2. The molecule has 1 saturated heterocycles. The van der Waals surface area contributed by atoms with Crippen molar-refractivity contribution in [3.8, 4) is 0 Å². The molecule has 2 aromatic carbocycles. The normalized spacial score (nSPS) is 21.7. The van der Waals surface area contributed by atoms with Crippen molar-refractivity contribution < 1.29 is 24.5 Å². The van der Waals surface area contributed by atoms with Gasteiger partial charge in [-0.1, -0.05) is 36.4 Å². The van der Waals surface area contributed by atoms with Gasteiger partial charge in [-0.25, -0.2) is 0 Å². The van der Waals surface area contributed by atoms with E-state index in [0.717, 1.165) is 34.6 Å². The fraction of sp³-hybridized carbons (Fsp3) is 0.409. The topological polar surface area (TPSA) is 88.0 Å². The van der Waals surface area contributed by atoms with Gasteiger partial charge in [-0.05, 0) is 23.3 Å². The zero-order valence-corrected chi connectivity index (χ0v) is 17.2. The van der Waals surface area contributed by atoms with Crippen molar-refractivity contribution in [2.75, 3.05) is 23.4 Å². The van der Waals surface area contributed by atoms with Crippen molar-refractivity contribution in [1.82, 2.24) is 0 Å². The maximum absolute atomic E-state index is 11.2. The smallest absolute Gasteiger partial charge is 0.221 e. The predicted octanol–water partition coefficient (Wildman–Crippen LogP) is 3.41. The molecule has 0 aliphatic carbocycles. The van der Waals surface area contributed by atoms with Crippen molar-refractivity contribution in [3.05, 3.63) is 65.2 Å². The lowest BCUT2D eigenvalue weighted by Crippen LogP contribution is -2.31. The number of amides is 1. The summed E-state index contributed by atoms with van der Waals surface area (Å²) in [7, 11) is 0. The Bertz CT molecular complexity index is 781. The average molecular weight is 418 g/mol. The second-order valence-electron chi connectivity index (χ2n) is 6.95. The summed E-state index contributed by atoms with van der Waals surface area (Å²) in [6.07, 6.45) is 0.0636. The van der Waals surface area contributed by atoms with Gasteiger partial charge < -0.3 is 25.0 Å². The molecule has 3 unspecified atom stereocenters. The molecule has 1 fully saturated rings. The van der Waals surface area contributed by atoms with Gasteiger partial charge in [-0.2, -0.15) is 11.8 Å². The lowest BCUT2D eigenvalue weighted by molar-refractivity contribution is -0.245. The van der Waals surface area contributed by atoms with Gasteiger partial charge in [-0.3, -0.25) is 4.79 Å². The summed E-state index contributed by atoms with van der Waals surface area (Å²) in [6.45, 7) is 1.63. The average Bonchev–Trinajstić information content (AvgIpc) is 2.74. The quantitative estimate of drug-likeness (QED) is 0.571. The van der Waals surface area contributed by atoms with E-state index in [1.807, 2.05) is 48.5 Å². The molecule has 0 spiro atoms. The molecule has 0 aromatic heterocycles. The van der Waals surface area contributed by atoms with Crippen LogP contribution in [0.4, 0.5) is 5.69 Å². The van der Waals surface area contributed by atoms with E-state index in [4.69, 9.17) is 14.6 Å². The van der Waals surface area contributed by atoms with E-state index >= 15 is 0 Å². The summed E-state index contributed by atoms with van der Waals surface area (Å²) in [4.78, 5) is 11.2. The second-order valence-corrected chi connectivity index (χ2v) is 8.10. The molecule has 7 heteroatoms. The first-order chi connectivity index (χ1) is 14.1. The molecule has 1 heterocycles. The van der Waals surface area contributed by atoms with Crippen LogP contribution in [0.15, 0.2) is 48.5 Å². The minimum atomic E-state index is -0.516. The molecule has 0 radical (unpaired) electrons. The van der Waals surface area contributed by atoms with Crippen molar-refractivity contribution in [2.45, 2.75) is 38.4 Å². The fourth-order valence-corrected chi connectivity index (χ4v) is 4.00. The van der Waals surface area contributed by atoms with Gasteiger partial charge in [0, 0.05) is 36.1 Å². The van der Waals surface area contributed by atoms with Gasteiger partial charge in [0.2, 0.25) is 5.91 Å². The number of carbonyl (C=O) groups is 1. The van der Waals surface area contributed by atoms with Crippen LogP contribution in [0.1, 0.15) is 42.4 Å². The molecule has 1 aliphatic rings. The first-order valence-electron chi connectivity index (χ1n) is 9.66. The van der Waals surface area contributed by atoms with E-state index in [2.05, 4.69) is 5.32 Å². The van der Waals surface area contributed by atoms with Crippen LogP contribution in [0.5, 0.6) is 0 Å². The third-order valence-electron chi connectivity index (χ3n) is 4.66. The maximum Gasteiger partial charge on any atom is 0.221 e. The maximum atomic E-state index is 11.2. The van der Waals surface area contributed by atoms with Crippen LogP contribution < -0.4 is 5.32 Å². The van der Waals surface area contributed by atoms with Crippen LogP contribution in [0.2, 0.25) is 0 Å². The minimum absolute atomic E-state index is 0.0113.